The van der Waals surface area contributed by atoms with Crippen molar-refractivity contribution in [3.05, 3.63) is 143 Å². The Bertz CT molecular complexity index is 1410. The Balaban J connectivity index is 1.45. The van der Waals surface area contributed by atoms with Crippen LogP contribution in [0.3, 0.4) is 0 Å². The summed E-state index contributed by atoms with van der Waals surface area (Å²) in [4.78, 5) is 17.2. The van der Waals surface area contributed by atoms with Gasteiger partial charge in [0.25, 0.3) is 0 Å². The summed E-state index contributed by atoms with van der Waals surface area (Å²) in [6.45, 7) is 0.702. The summed E-state index contributed by atoms with van der Waals surface area (Å²) in [6, 6.07) is 31.2. The number of imidazole rings is 1. The van der Waals surface area contributed by atoms with Crippen molar-refractivity contribution >= 4 is 0 Å². The van der Waals surface area contributed by atoms with Crippen molar-refractivity contribution in [1.82, 2.24) is 9.55 Å². The molecule has 0 bridgehead atoms. The first-order chi connectivity index (χ1) is 17.7. The number of nitrogens with two attached hydrogens (primary N) is 1. The Hall–Kier alpha value is -4.42. The normalized spacial score (nSPS) is 11.9. The number of ether oxygens (including phenoxy) is 1. The summed E-state index contributed by atoms with van der Waals surface area (Å²) in [6.07, 6.45) is 4.88. The Labute approximate surface area is 209 Å². The minimum absolute atomic E-state index is 0.0285. The summed E-state index contributed by atoms with van der Waals surface area (Å²) in [7, 11) is 0. The number of rotatable bonds is 9. The third-order valence-electron chi connectivity index (χ3n) is 6.13. The van der Waals surface area contributed by atoms with Gasteiger partial charge in [-0.1, -0.05) is 91.0 Å². The molecule has 0 spiro atoms. The maximum Gasteiger partial charge on any atom is 0.227 e. The number of hydrogen-bond acceptors (Lipinski definition) is 5. The van der Waals surface area contributed by atoms with Crippen LogP contribution in [0.5, 0.6) is 5.75 Å². The van der Waals surface area contributed by atoms with Gasteiger partial charge in [0.1, 0.15) is 6.61 Å². The average Bonchev–Trinajstić information content (AvgIpc) is 3.37. The third kappa shape index (κ3) is 5.14. The fraction of sp³-hybridized carbons (Fsp3) is 0.133. The highest BCUT2D eigenvalue weighted by molar-refractivity contribution is 5.57. The van der Waals surface area contributed by atoms with Crippen LogP contribution in [0.15, 0.2) is 125 Å². The van der Waals surface area contributed by atoms with E-state index in [9.17, 15) is 4.79 Å². The van der Waals surface area contributed by atoms with Gasteiger partial charge in [-0.05, 0) is 16.7 Å². The Morgan fingerprint density at radius 3 is 2.11 bits per heavy atom. The van der Waals surface area contributed by atoms with Crippen LogP contribution in [0, 0.1) is 0 Å². The zero-order chi connectivity index (χ0) is 24.7. The molecule has 36 heavy (non-hydrogen) atoms. The van der Waals surface area contributed by atoms with Crippen LogP contribution in [0.25, 0.3) is 11.6 Å². The first kappa shape index (κ1) is 23.3. The van der Waals surface area contributed by atoms with E-state index in [1.807, 2.05) is 77.5 Å². The standard InChI is InChI=1S/C30H27N3O3/c31-25(27(23-12-6-2-7-13-23)24-14-8-3-9-15-24)20-33-18-17-32-30(33)29-28(26(34)16-19-35-29)36-21-22-10-4-1-5-11-22/h1-19,25,27H,20-21,31H2. The topological polar surface area (TPSA) is 83.3 Å². The molecular formula is C30H27N3O3. The predicted octanol–water partition coefficient (Wildman–Crippen LogP) is 5.24. The molecule has 0 aliphatic rings. The first-order valence-electron chi connectivity index (χ1n) is 11.9. The summed E-state index contributed by atoms with van der Waals surface area (Å²) in [5, 5.41) is 0. The van der Waals surface area contributed by atoms with E-state index in [4.69, 9.17) is 14.9 Å². The molecule has 0 amide bonds. The van der Waals surface area contributed by atoms with E-state index in [2.05, 4.69) is 29.2 Å². The van der Waals surface area contributed by atoms with Gasteiger partial charge < -0.3 is 19.5 Å². The molecule has 6 nitrogen and oxygen atoms in total. The van der Waals surface area contributed by atoms with Crippen molar-refractivity contribution in [2.45, 2.75) is 25.1 Å². The molecule has 2 heterocycles. The van der Waals surface area contributed by atoms with Gasteiger partial charge in [0.05, 0.1) is 6.26 Å². The smallest absolute Gasteiger partial charge is 0.227 e. The minimum atomic E-state index is -0.271. The van der Waals surface area contributed by atoms with Crippen LogP contribution < -0.4 is 15.9 Å². The van der Waals surface area contributed by atoms with Crippen LogP contribution in [0.4, 0.5) is 0 Å². The number of hydrogen-bond donors (Lipinski definition) is 1. The lowest BCUT2D eigenvalue weighted by atomic mass is 9.85. The van der Waals surface area contributed by atoms with Gasteiger partial charge in [0.2, 0.25) is 16.9 Å². The molecule has 5 aromatic rings. The maximum atomic E-state index is 12.7. The second-order valence-corrected chi connectivity index (χ2v) is 8.58. The molecule has 180 valence electrons. The molecule has 5 rings (SSSR count). The second-order valence-electron chi connectivity index (χ2n) is 8.58. The molecule has 0 saturated heterocycles. The lowest BCUT2D eigenvalue weighted by Gasteiger charge is -2.26. The lowest BCUT2D eigenvalue weighted by molar-refractivity contribution is 0.294. The van der Waals surface area contributed by atoms with Gasteiger partial charge >= 0.3 is 0 Å². The van der Waals surface area contributed by atoms with Crippen LogP contribution >= 0.6 is 0 Å². The van der Waals surface area contributed by atoms with Gasteiger partial charge in [0.15, 0.2) is 5.82 Å². The number of aromatic nitrogens is 2. The van der Waals surface area contributed by atoms with Crippen LogP contribution in [0.2, 0.25) is 0 Å². The van der Waals surface area contributed by atoms with Gasteiger partial charge in [-0.15, -0.1) is 0 Å². The highest BCUT2D eigenvalue weighted by Gasteiger charge is 2.25. The molecule has 0 radical (unpaired) electrons. The van der Waals surface area contributed by atoms with E-state index in [0.29, 0.717) is 12.4 Å². The van der Waals surface area contributed by atoms with Gasteiger partial charge in [-0.25, -0.2) is 4.98 Å². The fourth-order valence-electron chi connectivity index (χ4n) is 4.43. The van der Waals surface area contributed by atoms with Gasteiger partial charge in [-0.2, -0.15) is 0 Å². The van der Waals surface area contributed by atoms with Crippen LogP contribution in [-0.2, 0) is 13.2 Å². The Kier molecular flexibility index (Phi) is 7.05. The van der Waals surface area contributed by atoms with Crippen LogP contribution in [-0.4, -0.2) is 15.6 Å². The molecule has 2 aromatic heterocycles. The molecule has 2 N–H and O–H groups in total. The van der Waals surface area contributed by atoms with Crippen molar-refractivity contribution in [2.75, 3.05) is 0 Å². The average molecular weight is 478 g/mol. The molecule has 3 aromatic carbocycles. The van der Waals surface area contributed by atoms with Crippen LogP contribution in [0.1, 0.15) is 22.6 Å². The van der Waals surface area contributed by atoms with E-state index in [0.717, 1.165) is 16.7 Å². The minimum Gasteiger partial charge on any atom is -0.481 e. The van der Waals surface area contributed by atoms with Crippen molar-refractivity contribution in [3.8, 4) is 17.3 Å². The van der Waals surface area contributed by atoms with E-state index < -0.39 is 0 Å². The van der Waals surface area contributed by atoms with E-state index >= 15 is 0 Å². The number of nitrogens with zero attached hydrogens (tertiary/aromatic N) is 2. The zero-order valence-electron chi connectivity index (χ0n) is 19.7. The molecule has 6 heteroatoms. The SMILES string of the molecule is NC(Cn1ccnc1-c1occc(=O)c1OCc1ccccc1)C(c1ccccc1)c1ccccc1. The molecular weight excluding hydrogens is 450 g/mol. The van der Waals surface area contributed by atoms with E-state index in [1.165, 1.54) is 12.3 Å². The summed E-state index contributed by atoms with van der Waals surface area (Å²) in [5.41, 5.74) is 9.80. The monoisotopic (exact) mass is 477 g/mol. The lowest BCUT2D eigenvalue weighted by Crippen LogP contribution is -2.34. The second kappa shape index (κ2) is 10.9. The molecule has 1 atom stereocenters. The summed E-state index contributed by atoms with van der Waals surface area (Å²) >= 11 is 0. The maximum absolute atomic E-state index is 12.7. The summed E-state index contributed by atoms with van der Waals surface area (Å²) < 4.78 is 13.6. The fourth-order valence-corrected chi connectivity index (χ4v) is 4.43. The van der Waals surface area contributed by atoms with Crippen molar-refractivity contribution < 1.29 is 9.15 Å². The Morgan fingerprint density at radius 1 is 0.861 bits per heavy atom. The van der Waals surface area contributed by atoms with Gasteiger partial charge in [0, 0.05) is 37.0 Å². The highest BCUT2D eigenvalue weighted by atomic mass is 16.5. The number of benzene rings is 3. The molecule has 0 aliphatic carbocycles. The third-order valence-corrected chi connectivity index (χ3v) is 6.13. The van der Waals surface area contributed by atoms with Crippen molar-refractivity contribution in [3.63, 3.8) is 0 Å². The zero-order valence-corrected chi connectivity index (χ0v) is 19.7. The predicted molar refractivity (Wildman–Crippen MR) is 140 cm³/mol. The highest BCUT2D eigenvalue weighted by Crippen LogP contribution is 2.30. The Morgan fingerprint density at radius 2 is 1.47 bits per heavy atom. The van der Waals surface area contributed by atoms with E-state index in [1.54, 1.807) is 6.20 Å². The molecule has 1 unspecified atom stereocenters. The molecule has 0 aliphatic heterocycles. The quantitative estimate of drug-likeness (QED) is 0.314. The summed E-state index contributed by atoms with van der Waals surface area (Å²) in [5.74, 6) is 0.877. The van der Waals surface area contributed by atoms with Crippen molar-refractivity contribution in [1.29, 1.82) is 0 Å². The van der Waals surface area contributed by atoms with E-state index in [-0.39, 0.29) is 35.5 Å². The largest absolute Gasteiger partial charge is 0.481 e. The first-order valence-corrected chi connectivity index (χ1v) is 11.9. The molecule has 0 saturated carbocycles. The van der Waals surface area contributed by atoms with Gasteiger partial charge in [-0.3, -0.25) is 4.79 Å². The van der Waals surface area contributed by atoms with Crippen molar-refractivity contribution in [2.24, 2.45) is 5.73 Å². The molecule has 0 fully saturated rings.